The number of esters is 1. The molecule has 9 nitrogen and oxygen atoms in total. The Bertz CT molecular complexity index is 1370. The second-order valence-corrected chi connectivity index (χ2v) is 11.0. The van der Waals surface area contributed by atoms with Gasteiger partial charge in [0.2, 0.25) is 0 Å². The van der Waals surface area contributed by atoms with Crippen LogP contribution >= 0.6 is 11.3 Å². The molecule has 3 aliphatic rings. The van der Waals surface area contributed by atoms with Crippen molar-refractivity contribution in [2.75, 3.05) is 26.2 Å². The minimum atomic E-state index is -3.17. The van der Waals surface area contributed by atoms with Crippen molar-refractivity contribution in [3.05, 3.63) is 63.0 Å². The van der Waals surface area contributed by atoms with E-state index in [2.05, 4.69) is 10.3 Å². The Morgan fingerprint density at radius 1 is 1.35 bits per heavy atom. The molecule has 4 atom stereocenters. The van der Waals surface area contributed by atoms with E-state index >= 15 is 8.78 Å². The Kier molecular flexibility index (Phi) is 7.73. The van der Waals surface area contributed by atoms with E-state index in [0.717, 1.165) is 0 Å². The van der Waals surface area contributed by atoms with Crippen LogP contribution in [0.4, 0.5) is 13.2 Å². The van der Waals surface area contributed by atoms with Gasteiger partial charge in [-0.3, -0.25) is 19.6 Å². The van der Waals surface area contributed by atoms with Crippen LogP contribution < -0.4 is 5.32 Å². The number of hydrogen-bond acceptors (Lipinski definition) is 9. The van der Waals surface area contributed by atoms with Crippen molar-refractivity contribution in [3.63, 3.8) is 0 Å². The Hall–Kier alpha value is -3.29. The van der Waals surface area contributed by atoms with E-state index in [1.807, 2.05) is 0 Å². The van der Waals surface area contributed by atoms with Crippen LogP contribution in [0.25, 0.3) is 0 Å². The van der Waals surface area contributed by atoms with E-state index in [4.69, 9.17) is 9.73 Å². The fraction of sp³-hybridized carbons (Fsp3) is 0.481. The van der Waals surface area contributed by atoms with Gasteiger partial charge in [-0.1, -0.05) is 12.1 Å². The molecule has 0 bridgehead atoms. The number of carboxylic acid groups (broad SMARTS) is 1. The number of aliphatic imine (C=N–C) groups is 1. The van der Waals surface area contributed by atoms with Gasteiger partial charge in [0.1, 0.15) is 17.9 Å². The highest BCUT2D eigenvalue weighted by Gasteiger charge is 2.60. The van der Waals surface area contributed by atoms with Crippen LogP contribution in [-0.4, -0.2) is 88.0 Å². The SMILES string of the molecule is CCOC(=O)C1=C(CN2CC(F)(F)C3C2CCN3C(C)C(=O)O)NC(c2nccs2)=NC1c1cccc(F)c1C. The van der Waals surface area contributed by atoms with Gasteiger partial charge in [0, 0.05) is 36.4 Å². The number of aliphatic carboxylic acids is 1. The molecule has 4 heterocycles. The molecule has 5 rings (SSSR count). The van der Waals surface area contributed by atoms with E-state index in [1.165, 1.54) is 35.3 Å². The van der Waals surface area contributed by atoms with E-state index < -0.39 is 54.4 Å². The molecule has 0 saturated carbocycles. The van der Waals surface area contributed by atoms with Crippen LogP contribution in [0, 0.1) is 12.7 Å². The van der Waals surface area contributed by atoms with Gasteiger partial charge in [0.15, 0.2) is 10.8 Å². The van der Waals surface area contributed by atoms with Crippen molar-refractivity contribution in [2.24, 2.45) is 4.99 Å². The van der Waals surface area contributed by atoms with Gasteiger partial charge in [0.25, 0.3) is 5.92 Å². The fourth-order valence-corrected chi connectivity index (χ4v) is 6.49. The highest BCUT2D eigenvalue weighted by molar-refractivity contribution is 7.11. The van der Waals surface area contributed by atoms with Crippen molar-refractivity contribution in [3.8, 4) is 0 Å². The number of carbonyl (C=O) groups is 2. The smallest absolute Gasteiger partial charge is 0.338 e. The zero-order valence-corrected chi connectivity index (χ0v) is 23.1. The standard InChI is InChI=1S/C27H30F3N5O4S/c1-4-39-26(38)20-18(12-34-13-27(29,30)22-19(34)8-10-35(22)15(3)25(36)37)32-23(24-31-9-11-40-24)33-21(20)16-6-5-7-17(28)14(16)2/h5-7,9,11,15,19,21-22H,4,8,10,12-13H2,1-3H3,(H,32,33)(H,36,37). The van der Waals surface area contributed by atoms with Crippen molar-refractivity contribution in [1.29, 1.82) is 0 Å². The summed E-state index contributed by atoms with van der Waals surface area (Å²) in [4.78, 5) is 37.0. The number of benzene rings is 1. The number of carbonyl (C=O) groups excluding carboxylic acids is 1. The van der Waals surface area contributed by atoms with Crippen LogP contribution in [0.1, 0.15) is 42.4 Å². The predicted octanol–water partition coefficient (Wildman–Crippen LogP) is 3.37. The molecule has 2 N–H and O–H groups in total. The van der Waals surface area contributed by atoms with Gasteiger partial charge < -0.3 is 15.2 Å². The lowest BCUT2D eigenvalue weighted by Crippen LogP contribution is -2.51. The summed E-state index contributed by atoms with van der Waals surface area (Å²) in [6, 6.07) is 0.590. The van der Waals surface area contributed by atoms with Crippen molar-refractivity contribution in [2.45, 2.75) is 57.3 Å². The Balaban J connectivity index is 1.58. The number of amidine groups is 1. The first-order valence-corrected chi connectivity index (χ1v) is 13.9. The maximum absolute atomic E-state index is 15.4. The topological polar surface area (TPSA) is 107 Å². The average Bonchev–Trinajstić information content (AvgIpc) is 3.64. The number of halogens is 3. The van der Waals surface area contributed by atoms with Crippen LogP contribution in [0.15, 0.2) is 46.0 Å². The number of fused-ring (bicyclic) bond motifs is 1. The number of carboxylic acids is 1. The van der Waals surface area contributed by atoms with E-state index in [0.29, 0.717) is 34.1 Å². The predicted molar refractivity (Wildman–Crippen MR) is 142 cm³/mol. The first kappa shape index (κ1) is 28.2. The molecule has 0 spiro atoms. The van der Waals surface area contributed by atoms with Crippen LogP contribution in [0.2, 0.25) is 0 Å². The molecule has 2 aromatic rings. The molecule has 1 aromatic carbocycles. The molecule has 0 aliphatic carbocycles. The lowest BCUT2D eigenvalue weighted by Gasteiger charge is -2.31. The van der Waals surface area contributed by atoms with Gasteiger partial charge in [-0.05, 0) is 44.4 Å². The lowest BCUT2D eigenvalue weighted by molar-refractivity contribution is -0.145. The molecule has 2 fully saturated rings. The lowest BCUT2D eigenvalue weighted by atomic mass is 9.92. The Morgan fingerprint density at radius 2 is 2.12 bits per heavy atom. The number of ether oxygens (including phenoxy) is 1. The third-order valence-electron chi connectivity index (χ3n) is 7.80. The molecule has 3 aliphatic heterocycles. The zero-order valence-electron chi connectivity index (χ0n) is 22.2. The van der Waals surface area contributed by atoms with Crippen LogP contribution in [0.5, 0.6) is 0 Å². The third kappa shape index (κ3) is 5.01. The molecular weight excluding hydrogens is 547 g/mol. The maximum Gasteiger partial charge on any atom is 0.338 e. The van der Waals surface area contributed by atoms with Gasteiger partial charge in [-0.2, -0.15) is 0 Å². The summed E-state index contributed by atoms with van der Waals surface area (Å²) < 4.78 is 50.9. The minimum Gasteiger partial charge on any atom is -0.480 e. The molecule has 40 heavy (non-hydrogen) atoms. The van der Waals surface area contributed by atoms with Gasteiger partial charge in [-0.25, -0.2) is 22.9 Å². The number of thiazole rings is 1. The number of aromatic nitrogens is 1. The zero-order chi connectivity index (χ0) is 28.8. The summed E-state index contributed by atoms with van der Waals surface area (Å²) in [6.45, 7) is 4.26. The quantitative estimate of drug-likeness (QED) is 0.460. The summed E-state index contributed by atoms with van der Waals surface area (Å²) in [5.41, 5.74) is 1.17. The summed E-state index contributed by atoms with van der Waals surface area (Å²) in [5, 5.41) is 14.9. The molecule has 13 heteroatoms. The maximum atomic E-state index is 15.4. The highest BCUT2D eigenvalue weighted by Crippen LogP contribution is 2.43. The van der Waals surface area contributed by atoms with E-state index in [1.54, 1.807) is 36.4 Å². The van der Waals surface area contributed by atoms with Crippen LogP contribution in [-0.2, 0) is 14.3 Å². The second-order valence-electron chi connectivity index (χ2n) is 10.1. The number of rotatable bonds is 8. The summed E-state index contributed by atoms with van der Waals surface area (Å²) in [6.07, 6.45) is 1.94. The molecule has 2 saturated heterocycles. The van der Waals surface area contributed by atoms with Gasteiger partial charge >= 0.3 is 11.9 Å². The monoisotopic (exact) mass is 577 g/mol. The first-order chi connectivity index (χ1) is 19.0. The number of alkyl halides is 2. The summed E-state index contributed by atoms with van der Waals surface area (Å²) in [5.74, 6) is -5.15. The Morgan fingerprint density at radius 3 is 2.80 bits per heavy atom. The third-order valence-corrected chi connectivity index (χ3v) is 8.58. The number of hydrogen-bond donors (Lipinski definition) is 2. The molecule has 214 valence electrons. The Labute approximate surface area is 233 Å². The molecule has 1 aromatic heterocycles. The van der Waals surface area contributed by atoms with Crippen LogP contribution in [0.3, 0.4) is 0 Å². The first-order valence-electron chi connectivity index (χ1n) is 13.0. The molecular formula is C27H30F3N5O4S. The van der Waals surface area contributed by atoms with E-state index in [-0.39, 0.29) is 25.3 Å². The molecule has 0 radical (unpaired) electrons. The number of nitrogens with one attached hydrogen (secondary N) is 1. The molecule has 4 unspecified atom stereocenters. The second kappa shape index (κ2) is 10.9. The summed E-state index contributed by atoms with van der Waals surface area (Å²) >= 11 is 1.31. The largest absolute Gasteiger partial charge is 0.480 e. The van der Waals surface area contributed by atoms with Crippen molar-refractivity contribution in [1.82, 2.24) is 20.1 Å². The number of likely N-dealkylation sites (tertiary alicyclic amines) is 2. The summed E-state index contributed by atoms with van der Waals surface area (Å²) in [7, 11) is 0. The minimum absolute atomic E-state index is 0.0715. The fourth-order valence-electron chi connectivity index (χ4n) is 5.90. The highest BCUT2D eigenvalue weighted by atomic mass is 32.1. The number of nitrogens with zero attached hydrogens (tertiary/aromatic N) is 4. The normalized spacial score (nSPS) is 25.4. The van der Waals surface area contributed by atoms with Gasteiger partial charge in [-0.15, -0.1) is 11.3 Å². The average molecular weight is 578 g/mol. The van der Waals surface area contributed by atoms with Gasteiger partial charge in [0.05, 0.1) is 24.8 Å². The van der Waals surface area contributed by atoms with Crippen molar-refractivity contribution < 1.29 is 32.6 Å². The van der Waals surface area contributed by atoms with Crippen molar-refractivity contribution >= 4 is 29.1 Å². The van der Waals surface area contributed by atoms with E-state index in [9.17, 15) is 19.1 Å². The molecule has 0 amide bonds.